The number of carbonyl (C=O) groups is 2. The lowest BCUT2D eigenvalue weighted by Gasteiger charge is -2.38. The fourth-order valence-electron chi connectivity index (χ4n) is 7.48. The van der Waals surface area contributed by atoms with Crippen molar-refractivity contribution in [3.63, 3.8) is 0 Å². The first-order chi connectivity index (χ1) is 24.0. The maximum atomic E-state index is 14.1. The van der Waals surface area contributed by atoms with Crippen LogP contribution in [0.25, 0.3) is 11.0 Å². The van der Waals surface area contributed by atoms with Gasteiger partial charge in [-0.2, -0.15) is 0 Å². The van der Waals surface area contributed by atoms with Crippen molar-refractivity contribution >= 4 is 28.8 Å². The molecular formula is C40H45N7O2. The van der Waals surface area contributed by atoms with Gasteiger partial charge in [0.1, 0.15) is 5.82 Å². The second-order valence-electron chi connectivity index (χ2n) is 13.2. The molecule has 9 heteroatoms. The Balaban J connectivity index is 1.13. The van der Waals surface area contributed by atoms with Crippen molar-refractivity contribution in [3.05, 3.63) is 125 Å². The number of piperidine rings is 1. The number of pyridine rings is 1. The van der Waals surface area contributed by atoms with E-state index >= 15 is 0 Å². The van der Waals surface area contributed by atoms with Crippen LogP contribution in [0.4, 0.5) is 15.3 Å². The number of hydrogen-bond donors (Lipinski definition) is 2. The van der Waals surface area contributed by atoms with E-state index in [4.69, 9.17) is 4.98 Å². The van der Waals surface area contributed by atoms with Gasteiger partial charge in [-0.15, -0.1) is 0 Å². The fourth-order valence-corrected chi connectivity index (χ4v) is 7.48. The second-order valence-corrected chi connectivity index (χ2v) is 13.2. The molecule has 0 bridgehead atoms. The summed E-state index contributed by atoms with van der Waals surface area (Å²) in [7, 11) is 0. The summed E-state index contributed by atoms with van der Waals surface area (Å²) in [5.74, 6) is 0.826. The van der Waals surface area contributed by atoms with Crippen LogP contribution in [0.1, 0.15) is 66.4 Å². The molecule has 1 atom stereocenters. The van der Waals surface area contributed by atoms with E-state index in [1.165, 1.54) is 16.7 Å². The second kappa shape index (κ2) is 14.5. The topological polar surface area (TPSA) is 95.4 Å². The van der Waals surface area contributed by atoms with Gasteiger partial charge < -0.3 is 25.0 Å². The molecule has 0 radical (unpaired) electrons. The first-order valence-corrected chi connectivity index (χ1v) is 17.7. The molecule has 252 valence electrons. The van der Waals surface area contributed by atoms with Crippen molar-refractivity contribution in [2.45, 2.75) is 71.0 Å². The van der Waals surface area contributed by atoms with Crippen molar-refractivity contribution in [2.24, 2.45) is 0 Å². The van der Waals surface area contributed by atoms with E-state index in [1.807, 2.05) is 58.5 Å². The van der Waals surface area contributed by atoms with Gasteiger partial charge in [0.2, 0.25) is 0 Å². The smallest absolute Gasteiger partial charge is 0.322 e. The Hall–Kier alpha value is -5.18. The van der Waals surface area contributed by atoms with Gasteiger partial charge >= 0.3 is 12.1 Å². The van der Waals surface area contributed by atoms with Gasteiger partial charge in [0.25, 0.3) is 0 Å². The van der Waals surface area contributed by atoms with Crippen LogP contribution in [-0.4, -0.2) is 62.1 Å². The Morgan fingerprint density at radius 2 is 1.71 bits per heavy atom. The quantitative estimate of drug-likeness (QED) is 0.176. The Morgan fingerprint density at radius 3 is 2.51 bits per heavy atom. The van der Waals surface area contributed by atoms with E-state index in [1.54, 1.807) is 6.20 Å². The van der Waals surface area contributed by atoms with Crippen LogP contribution >= 0.6 is 0 Å². The number of urea groups is 2. The third kappa shape index (κ3) is 7.02. The zero-order valence-corrected chi connectivity index (χ0v) is 28.4. The monoisotopic (exact) mass is 655 g/mol. The Bertz CT molecular complexity index is 1930. The van der Waals surface area contributed by atoms with Gasteiger partial charge in [0.05, 0.1) is 23.6 Å². The molecule has 7 rings (SSSR count). The SMILES string of the molecule is CCc1ccc(CC(NC(=O)N2CCC(N3CCc4ccccc4NC3=O)CC2)c2nc3ccccc3n2Cc2cccnc2)cc1CC. The summed E-state index contributed by atoms with van der Waals surface area (Å²) in [6.07, 6.45) is 8.53. The number of amides is 4. The number of hydrogen-bond acceptors (Lipinski definition) is 4. The summed E-state index contributed by atoms with van der Waals surface area (Å²) in [4.78, 5) is 40.7. The van der Waals surface area contributed by atoms with Gasteiger partial charge in [-0.05, 0) is 90.6 Å². The Labute approximate surface area is 288 Å². The summed E-state index contributed by atoms with van der Waals surface area (Å²) in [5, 5.41) is 6.53. The minimum atomic E-state index is -0.360. The lowest BCUT2D eigenvalue weighted by Crippen LogP contribution is -2.52. The number of likely N-dealkylation sites (tertiary alicyclic amines) is 1. The van der Waals surface area contributed by atoms with Gasteiger partial charge in [-0.25, -0.2) is 14.6 Å². The number of imidazole rings is 1. The van der Waals surface area contributed by atoms with Gasteiger partial charge in [-0.1, -0.05) is 68.4 Å². The maximum Gasteiger partial charge on any atom is 0.322 e. The summed E-state index contributed by atoms with van der Waals surface area (Å²) >= 11 is 0. The van der Waals surface area contributed by atoms with E-state index in [0.29, 0.717) is 32.6 Å². The van der Waals surface area contributed by atoms with Crippen LogP contribution in [-0.2, 0) is 32.2 Å². The highest BCUT2D eigenvalue weighted by Crippen LogP contribution is 2.28. The predicted octanol–water partition coefficient (Wildman–Crippen LogP) is 7.15. The molecule has 1 unspecified atom stereocenters. The number of fused-ring (bicyclic) bond motifs is 2. The predicted molar refractivity (Wildman–Crippen MR) is 194 cm³/mol. The van der Waals surface area contributed by atoms with E-state index < -0.39 is 0 Å². The molecule has 0 aliphatic carbocycles. The van der Waals surface area contributed by atoms with E-state index in [-0.39, 0.29) is 24.1 Å². The molecule has 49 heavy (non-hydrogen) atoms. The van der Waals surface area contributed by atoms with Gasteiger partial charge in [0.15, 0.2) is 0 Å². The molecule has 4 heterocycles. The number of anilines is 1. The molecule has 0 saturated carbocycles. The number of aryl methyl sites for hydroxylation is 2. The summed E-state index contributed by atoms with van der Waals surface area (Å²) in [6.45, 7) is 6.82. The van der Waals surface area contributed by atoms with Crippen molar-refractivity contribution in [1.29, 1.82) is 0 Å². The van der Waals surface area contributed by atoms with Crippen molar-refractivity contribution in [1.82, 2.24) is 29.7 Å². The zero-order valence-electron chi connectivity index (χ0n) is 28.4. The number of benzene rings is 3. The molecule has 1 fully saturated rings. The standard InChI is InChI=1S/C40H45N7O2/c1-3-30-16-15-28(24-31(30)4-2)25-36(38-42-35-13-7-8-14-37(35)47(38)27-29-10-9-20-41-26-29)44-39(48)45-21-18-33(19-22-45)46-23-17-32-11-5-6-12-34(32)43-40(46)49/h5-16,20,24,26,33,36H,3-4,17-19,21-23,25,27H2,1-2H3,(H,43,49)(H,44,48). The summed E-state index contributed by atoms with van der Waals surface area (Å²) < 4.78 is 2.22. The number of nitrogens with zero attached hydrogens (tertiary/aromatic N) is 5. The molecule has 2 aliphatic heterocycles. The molecule has 0 spiro atoms. The Kier molecular flexibility index (Phi) is 9.59. The van der Waals surface area contributed by atoms with E-state index in [9.17, 15) is 9.59 Å². The highest BCUT2D eigenvalue weighted by Gasteiger charge is 2.33. The van der Waals surface area contributed by atoms with Crippen LogP contribution < -0.4 is 10.6 Å². The molecule has 9 nitrogen and oxygen atoms in total. The van der Waals surface area contributed by atoms with Crippen molar-refractivity contribution < 1.29 is 9.59 Å². The minimum Gasteiger partial charge on any atom is -0.328 e. The third-order valence-corrected chi connectivity index (χ3v) is 10.2. The number of carbonyl (C=O) groups excluding carboxylic acids is 2. The van der Waals surface area contributed by atoms with E-state index in [0.717, 1.165) is 65.8 Å². The first kappa shape index (κ1) is 32.4. The highest BCUT2D eigenvalue weighted by atomic mass is 16.2. The molecule has 2 aromatic heterocycles. The maximum absolute atomic E-state index is 14.1. The average Bonchev–Trinajstić information content (AvgIpc) is 3.40. The van der Waals surface area contributed by atoms with Gasteiger partial charge in [-0.3, -0.25) is 4.98 Å². The molecule has 2 aliphatic rings. The van der Waals surface area contributed by atoms with Crippen LogP contribution in [0, 0.1) is 0 Å². The van der Waals surface area contributed by atoms with E-state index in [2.05, 4.69) is 70.4 Å². The summed E-state index contributed by atoms with van der Waals surface area (Å²) in [6, 6.07) is 26.5. The fraction of sp³-hybridized carbons (Fsp3) is 0.350. The van der Waals surface area contributed by atoms with Gasteiger partial charge in [0, 0.05) is 43.8 Å². The molecule has 3 aromatic carbocycles. The minimum absolute atomic E-state index is 0.0547. The number of para-hydroxylation sites is 3. The zero-order chi connectivity index (χ0) is 33.7. The number of nitrogens with one attached hydrogen (secondary N) is 2. The summed E-state index contributed by atoms with van der Waals surface area (Å²) in [5.41, 5.74) is 8.92. The van der Waals surface area contributed by atoms with Crippen molar-refractivity contribution in [3.8, 4) is 0 Å². The largest absolute Gasteiger partial charge is 0.328 e. The Morgan fingerprint density at radius 1 is 0.918 bits per heavy atom. The number of aromatic nitrogens is 3. The molecule has 5 aromatic rings. The van der Waals surface area contributed by atoms with Crippen LogP contribution in [0.2, 0.25) is 0 Å². The number of rotatable bonds is 9. The highest BCUT2D eigenvalue weighted by molar-refractivity contribution is 5.91. The lowest BCUT2D eigenvalue weighted by atomic mass is 9.96. The molecule has 1 saturated heterocycles. The van der Waals surface area contributed by atoms with Crippen LogP contribution in [0.3, 0.4) is 0 Å². The average molecular weight is 656 g/mol. The van der Waals surface area contributed by atoms with Crippen LogP contribution in [0.15, 0.2) is 91.3 Å². The molecular weight excluding hydrogens is 610 g/mol. The molecule has 4 amide bonds. The lowest BCUT2D eigenvalue weighted by molar-refractivity contribution is 0.133. The van der Waals surface area contributed by atoms with Crippen LogP contribution in [0.5, 0.6) is 0 Å². The normalized spacial score (nSPS) is 15.8. The molecule has 2 N–H and O–H groups in total. The first-order valence-electron chi connectivity index (χ1n) is 17.7. The van der Waals surface area contributed by atoms with Crippen molar-refractivity contribution in [2.75, 3.05) is 25.0 Å². The third-order valence-electron chi connectivity index (χ3n) is 10.2.